The monoisotopic (exact) mass is 567 g/mol. The van der Waals surface area contributed by atoms with Gasteiger partial charge in [0.25, 0.3) is 0 Å². The number of nitrogens with one attached hydrogen (secondary N) is 1. The van der Waals surface area contributed by atoms with Crippen LogP contribution in [0, 0.1) is 13.8 Å². The van der Waals surface area contributed by atoms with Crippen LogP contribution in [0.15, 0.2) is 36.4 Å². The Morgan fingerprint density at radius 1 is 1.05 bits per heavy atom. The van der Waals surface area contributed by atoms with Gasteiger partial charge in [-0.1, -0.05) is 55.1 Å². The maximum absolute atomic E-state index is 13.8. The van der Waals surface area contributed by atoms with Crippen LogP contribution in [0.4, 0.5) is 5.69 Å². The molecule has 1 fully saturated rings. The fraction of sp³-hybridized carbons (Fsp3) is 0.481. The maximum atomic E-state index is 13.8. The highest BCUT2D eigenvalue weighted by atomic mass is 35.5. The van der Waals surface area contributed by atoms with Crippen molar-refractivity contribution < 1.29 is 18.0 Å². The number of amides is 2. The Morgan fingerprint density at radius 3 is 2.30 bits per heavy atom. The van der Waals surface area contributed by atoms with Crippen molar-refractivity contribution in [2.24, 2.45) is 0 Å². The second-order valence-electron chi connectivity index (χ2n) is 9.71. The first-order valence-electron chi connectivity index (χ1n) is 12.5. The Kier molecular flexibility index (Phi) is 9.89. The van der Waals surface area contributed by atoms with Gasteiger partial charge in [0, 0.05) is 22.6 Å². The summed E-state index contributed by atoms with van der Waals surface area (Å²) in [7, 11) is -3.79. The summed E-state index contributed by atoms with van der Waals surface area (Å²) in [6.45, 7) is 5.24. The van der Waals surface area contributed by atoms with Crippen LogP contribution in [0.3, 0.4) is 0 Å². The van der Waals surface area contributed by atoms with E-state index >= 15 is 0 Å². The zero-order valence-corrected chi connectivity index (χ0v) is 24.1. The summed E-state index contributed by atoms with van der Waals surface area (Å²) in [4.78, 5) is 28.6. The van der Waals surface area contributed by atoms with E-state index < -0.39 is 28.5 Å². The first-order chi connectivity index (χ1) is 17.4. The second kappa shape index (κ2) is 12.5. The Labute approximate surface area is 230 Å². The lowest BCUT2D eigenvalue weighted by molar-refractivity contribution is -0.140. The van der Waals surface area contributed by atoms with Gasteiger partial charge in [0.15, 0.2) is 0 Å². The van der Waals surface area contributed by atoms with E-state index in [1.54, 1.807) is 30.3 Å². The number of halogens is 2. The Bertz CT molecular complexity index is 1250. The third-order valence-electron chi connectivity index (χ3n) is 6.90. The van der Waals surface area contributed by atoms with E-state index in [0.29, 0.717) is 27.7 Å². The van der Waals surface area contributed by atoms with Crippen molar-refractivity contribution in [1.29, 1.82) is 0 Å². The van der Waals surface area contributed by atoms with Crippen molar-refractivity contribution in [3.05, 3.63) is 63.1 Å². The molecule has 1 saturated carbocycles. The van der Waals surface area contributed by atoms with Crippen molar-refractivity contribution in [2.75, 3.05) is 17.1 Å². The molecule has 0 heterocycles. The van der Waals surface area contributed by atoms with Gasteiger partial charge in [-0.15, -0.1) is 0 Å². The van der Waals surface area contributed by atoms with Crippen LogP contribution in [-0.4, -0.2) is 50.0 Å². The van der Waals surface area contributed by atoms with Crippen LogP contribution >= 0.6 is 23.2 Å². The lowest BCUT2D eigenvalue weighted by Gasteiger charge is -2.33. The van der Waals surface area contributed by atoms with Gasteiger partial charge in [0.05, 0.1) is 11.9 Å². The molecule has 2 aromatic rings. The second-order valence-corrected chi connectivity index (χ2v) is 12.5. The minimum Gasteiger partial charge on any atom is -0.352 e. The molecular formula is C27H35Cl2N3O4S. The molecule has 202 valence electrons. The number of hydrogen-bond acceptors (Lipinski definition) is 4. The van der Waals surface area contributed by atoms with Crippen LogP contribution in [0.5, 0.6) is 0 Å². The van der Waals surface area contributed by atoms with Crippen molar-refractivity contribution in [1.82, 2.24) is 10.2 Å². The van der Waals surface area contributed by atoms with Crippen LogP contribution in [-0.2, 0) is 26.2 Å². The number of aryl methyl sites for hydroxylation is 2. The summed E-state index contributed by atoms with van der Waals surface area (Å²) in [6.07, 6.45) is 5.37. The lowest BCUT2D eigenvalue weighted by atomic mass is 10.1. The number of sulfonamides is 1. The fourth-order valence-corrected chi connectivity index (χ4v) is 5.92. The van der Waals surface area contributed by atoms with E-state index in [1.165, 1.54) is 4.90 Å². The zero-order chi connectivity index (χ0) is 27.3. The summed E-state index contributed by atoms with van der Waals surface area (Å²) >= 11 is 12.5. The fourth-order valence-electron chi connectivity index (χ4n) is 4.61. The van der Waals surface area contributed by atoms with E-state index in [0.717, 1.165) is 47.4 Å². The van der Waals surface area contributed by atoms with Crippen molar-refractivity contribution in [3.63, 3.8) is 0 Å². The average Bonchev–Trinajstić information content (AvgIpc) is 3.32. The first-order valence-corrected chi connectivity index (χ1v) is 15.1. The van der Waals surface area contributed by atoms with E-state index in [-0.39, 0.29) is 18.5 Å². The molecular weight excluding hydrogens is 533 g/mol. The van der Waals surface area contributed by atoms with Gasteiger partial charge in [0.1, 0.15) is 12.6 Å². The van der Waals surface area contributed by atoms with E-state index in [1.807, 2.05) is 26.8 Å². The number of hydrogen-bond donors (Lipinski definition) is 1. The third kappa shape index (κ3) is 7.62. The van der Waals surface area contributed by atoms with Crippen LogP contribution in [0.25, 0.3) is 0 Å². The van der Waals surface area contributed by atoms with E-state index in [2.05, 4.69) is 5.32 Å². The Morgan fingerprint density at radius 2 is 1.73 bits per heavy atom. The number of carbonyl (C=O) groups excluding carboxylic acids is 2. The molecule has 1 aliphatic rings. The highest BCUT2D eigenvalue weighted by Gasteiger charge is 2.33. The molecule has 3 rings (SSSR count). The highest BCUT2D eigenvalue weighted by molar-refractivity contribution is 7.92. The predicted octanol–water partition coefficient (Wildman–Crippen LogP) is 5.24. The average molecular weight is 569 g/mol. The third-order valence-corrected chi connectivity index (χ3v) is 8.63. The van der Waals surface area contributed by atoms with E-state index in [4.69, 9.17) is 23.2 Å². The number of nitrogens with zero attached hydrogens (tertiary/aromatic N) is 2. The van der Waals surface area contributed by atoms with Gasteiger partial charge < -0.3 is 10.2 Å². The van der Waals surface area contributed by atoms with Gasteiger partial charge in [-0.25, -0.2) is 8.42 Å². The van der Waals surface area contributed by atoms with Gasteiger partial charge >= 0.3 is 0 Å². The highest BCUT2D eigenvalue weighted by Crippen LogP contribution is 2.26. The topological polar surface area (TPSA) is 86.8 Å². The van der Waals surface area contributed by atoms with Crippen LogP contribution < -0.4 is 9.62 Å². The maximum Gasteiger partial charge on any atom is 0.244 e. The summed E-state index contributed by atoms with van der Waals surface area (Å²) in [5, 5.41) is 3.91. The Balaban J connectivity index is 1.96. The van der Waals surface area contributed by atoms with Gasteiger partial charge in [-0.05, 0) is 74.1 Å². The molecule has 0 aliphatic heterocycles. The molecule has 1 atom stereocenters. The molecule has 1 aliphatic carbocycles. The van der Waals surface area contributed by atoms with Crippen molar-refractivity contribution in [2.45, 2.75) is 71.5 Å². The molecule has 2 amide bonds. The molecule has 7 nitrogen and oxygen atoms in total. The molecule has 1 unspecified atom stereocenters. The van der Waals surface area contributed by atoms with Gasteiger partial charge in [-0.3, -0.25) is 13.9 Å². The van der Waals surface area contributed by atoms with Gasteiger partial charge in [-0.2, -0.15) is 0 Å². The Hall–Kier alpha value is -2.29. The quantitative estimate of drug-likeness (QED) is 0.425. The standard InChI is InChI=1S/C27H35Cl2N3O4S/c1-5-25(27(34)30-22-8-6-7-9-22)31(16-20-11-12-21(28)15-24(20)29)26(33)17-32(37(4,35)36)23-13-10-18(2)19(3)14-23/h10-15,22,25H,5-9,16-17H2,1-4H3,(H,30,34). The molecule has 2 aromatic carbocycles. The number of carbonyl (C=O) groups is 2. The molecule has 0 saturated heterocycles. The molecule has 10 heteroatoms. The van der Waals surface area contributed by atoms with Gasteiger partial charge in [0.2, 0.25) is 21.8 Å². The molecule has 1 N–H and O–H groups in total. The van der Waals surface area contributed by atoms with Crippen LogP contribution in [0.1, 0.15) is 55.7 Å². The summed E-state index contributed by atoms with van der Waals surface area (Å²) in [6, 6.07) is 9.50. The minimum absolute atomic E-state index is 0.0377. The lowest BCUT2D eigenvalue weighted by Crippen LogP contribution is -2.53. The number of anilines is 1. The van der Waals surface area contributed by atoms with E-state index in [9.17, 15) is 18.0 Å². The summed E-state index contributed by atoms with van der Waals surface area (Å²) < 4.78 is 26.6. The van der Waals surface area contributed by atoms with Crippen molar-refractivity contribution >= 4 is 50.7 Å². The summed E-state index contributed by atoms with van der Waals surface area (Å²) in [5.41, 5.74) is 2.93. The zero-order valence-electron chi connectivity index (χ0n) is 21.8. The first kappa shape index (κ1) is 29.3. The number of benzene rings is 2. The van der Waals surface area contributed by atoms with Crippen LogP contribution in [0.2, 0.25) is 10.0 Å². The van der Waals surface area contributed by atoms with Crippen molar-refractivity contribution in [3.8, 4) is 0 Å². The SMILES string of the molecule is CCC(C(=O)NC1CCCC1)N(Cc1ccc(Cl)cc1Cl)C(=O)CN(c1ccc(C)c(C)c1)S(C)(=O)=O. The molecule has 0 spiro atoms. The summed E-state index contributed by atoms with van der Waals surface area (Å²) in [5.74, 6) is -0.743. The smallest absolute Gasteiger partial charge is 0.244 e. The normalized spacial score (nSPS) is 14.9. The largest absolute Gasteiger partial charge is 0.352 e. The molecule has 0 aromatic heterocycles. The number of rotatable bonds is 10. The molecule has 37 heavy (non-hydrogen) atoms. The predicted molar refractivity (Wildman–Crippen MR) is 150 cm³/mol. The minimum atomic E-state index is -3.79. The molecule has 0 radical (unpaired) electrons. The molecule has 0 bridgehead atoms.